The molecule has 3 nitrogen and oxygen atoms in total. The van der Waals surface area contributed by atoms with Gasteiger partial charge in [-0.15, -0.1) is 0 Å². The van der Waals surface area contributed by atoms with Gasteiger partial charge in [-0.3, -0.25) is 0 Å². The number of unbranched alkanes of at least 4 members (excludes halogenated alkanes) is 1. The quantitative estimate of drug-likeness (QED) is 0.728. The van der Waals surface area contributed by atoms with Crippen LogP contribution in [0.25, 0.3) is 0 Å². The molecule has 2 fully saturated rings. The van der Waals surface area contributed by atoms with Gasteiger partial charge in [0.1, 0.15) is 0 Å². The van der Waals surface area contributed by atoms with E-state index in [4.69, 9.17) is 0 Å². The van der Waals surface area contributed by atoms with Crippen LogP contribution >= 0.6 is 0 Å². The molecular formula is C16H33N3. The van der Waals surface area contributed by atoms with E-state index < -0.39 is 0 Å². The molecule has 0 amide bonds. The van der Waals surface area contributed by atoms with Gasteiger partial charge in [0, 0.05) is 25.7 Å². The lowest BCUT2D eigenvalue weighted by Crippen LogP contribution is -2.43. The summed E-state index contributed by atoms with van der Waals surface area (Å²) in [6.07, 6.45) is 9.70. The number of nitrogens with one attached hydrogen (secondary N) is 1. The van der Waals surface area contributed by atoms with Crippen molar-refractivity contribution in [1.82, 2.24) is 15.1 Å². The molecule has 2 saturated heterocycles. The number of hydrogen-bond acceptors (Lipinski definition) is 3. The minimum absolute atomic E-state index is 0.762. The molecule has 2 aliphatic heterocycles. The average molecular weight is 267 g/mol. The third kappa shape index (κ3) is 5.80. The van der Waals surface area contributed by atoms with Crippen LogP contribution in [0.15, 0.2) is 0 Å². The number of likely N-dealkylation sites (tertiary alicyclic amines) is 1. The zero-order valence-corrected chi connectivity index (χ0v) is 12.9. The van der Waals surface area contributed by atoms with Crippen molar-refractivity contribution in [2.75, 3.05) is 45.8 Å². The van der Waals surface area contributed by atoms with E-state index in [0.29, 0.717) is 0 Å². The number of hydrogen-bond donors (Lipinski definition) is 1. The Morgan fingerprint density at radius 1 is 1.11 bits per heavy atom. The van der Waals surface area contributed by atoms with Crippen molar-refractivity contribution in [3.05, 3.63) is 0 Å². The van der Waals surface area contributed by atoms with Crippen LogP contribution in [0, 0.1) is 0 Å². The summed E-state index contributed by atoms with van der Waals surface area (Å²) in [5.74, 6) is 0. The second kappa shape index (κ2) is 8.93. The highest BCUT2D eigenvalue weighted by Crippen LogP contribution is 2.10. The van der Waals surface area contributed by atoms with Crippen LogP contribution in [0.2, 0.25) is 0 Å². The first-order chi connectivity index (χ1) is 9.38. The molecule has 0 spiro atoms. The van der Waals surface area contributed by atoms with Crippen molar-refractivity contribution in [2.45, 2.75) is 57.9 Å². The monoisotopic (exact) mass is 267 g/mol. The molecule has 2 heterocycles. The van der Waals surface area contributed by atoms with Crippen LogP contribution in [-0.2, 0) is 0 Å². The Kier molecular flexibility index (Phi) is 7.18. The maximum absolute atomic E-state index is 3.65. The van der Waals surface area contributed by atoms with Gasteiger partial charge in [0.05, 0.1) is 0 Å². The standard InChI is InChI=1S/C16H33N3/c1-2-3-10-19(15-16-8-7-9-17-16)14-13-18-11-5-4-6-12-18/h16-17H,2-15H2,1H3. The van der Waals surface area contributed by atoms with Gasteiger partial charge in [-0.1, -0.05) is 19.8 Å². The lowest BCUT2D eigenvalue weighted by atomic mass is 10.1. The van der Waals surface area contributed by atoms with Gasteiger partial charge in [-0.05, 0) is 58.3 Å². The zero-order chi connectivity index (χ0) is 13.3. The summed E-state index contributed by atoms with van der Waals surface area (Å²) in [6.45, 7) is 11.3. The maximum Gasteiger partial charge on any atom is 0.0195 e. The topological polar surface area (TPSA) is 18.5 Å². The summed E-state index contributed by atoms with van der Waals surface area (Å²) in [5, 5.41) is 3.65. The summed E-state index contributed by atoms with van der Waals surface area (Å²) in [4.78, 5) is 5.38. The van der Waals surface area contributed by atoms with Crippen LogP contribution in [-0.4, -0.2) is 61.7 Å². The van der Waals surface area contributed by atoms with E-state index in [-0.39, 0.29) is 0 Å². The van der Waals surface area contributed by atoms with E-state index in [2.05, 4.69) is 22.0 Å². The van der Waals surface area contributed by atoms with E-state index in [1.54, 1.807) is 0 Å². The Morgan fingerprint density at radius 3 is 2.63 bits per heavy atom. The van der Waals surface area contributed by atoms with Gasteiger partial charge in [0.25, 0.3) is 0 Å². The van der Waals surface area contributed by atoms with Crippen molar-refractivity contribution in [2.24, 2.45) is 0 Å². The van der Waals surface area contributed by atoms with Gasteiger partial charge in [0.2, 0.25) is 0 Å². The van der Waals surface area contributed by atoms with Crippen LogP contribution in [0.5, 0.6) is 0 Å². The second-order valence-electron chi connectivity index (χ2n) is 6.35. The summed E-state index contributed by atoms with van der Waals surface area (Å²) in [7, 11) is 0. The molecule has 0 aromatic rings. The van der Waals surface area contributed by atoms with Gasteiger partial charge >= 0.3 is 0 Å². The Morgan fingerprint density at radius 2 is 1.95 bits per heavy atom. The molecular weight excluding hydrogens is 234 g/mol. The molecule has 0 saturated carbocycles. The molecule has 0 aromatic heterocycles. The van der Waals surface area contributed by atoms with E-state index in [1.807, 2.05) is 0 Å². The van der Waals surface area contributed by atoms with Crippen LogP contribution < -0.4 is 5.32 Å². The molecule has 112 valence electrons. The molecule has 1 N–H and O–H groups in total. The van der Waals surface area contributed by atoms with Crippen molar-refractivity contribution < 1.29 is 0 Å². The Hall–Kier alpha value is -0.120. The normalized spacial score (nSPS) is 25.3. The predicted molar refractivity (Wildman–Crippen MR) is 82.7 cm³/mol. The highest BCUT2D eigenvalue weighted by atomic mass is 15.2. The first kappa shape index (κ1) is 15.3. The summed E-state index contributed by atoms with van der Waals surface area (Å²) in [5.41, 5.74) is 0. The fourth-order valence-corrected chi connectivity index (χ4v) is 3.37. The highest BCUT2D eigenvalue weighted by Gasteiger charge is 2.18. The number of piperidine rings is 1. The molecule has 0 bridgehead atoms. The number of rotatable bonds is 8. The maximum atomic E-state index is 3.65. The molecule has 2 aliphatic rings. The summed E-state index contributed by atoms with van der Waals surface area (Å²) < 4.78 is 0. The Labute approximate surface area is 119 Å². The Bertz CT molecular complexity index is 220. The zero-order valence-electron chi connectivity index (χ0n) is 12.9. The summed E-state index contributed by atoms with van der Waals surface area (Å²) in [6, 6.07) is 0.762. The second-order valence-corrected chi connectivity index (χ2v) is 6.35. The first-order valence-corrected chi connectivity index (χ1v) is 8.56. The molecule has 1 unspecified atom stereocenters. The van der Waals surface area contributed by atoms with Gasteiger partial charge < -0.3 is 15.1 Å². The van der Waals surface area contributed by atoms with E-state index >= 15 is 0 Å². The van der Waals surface area contributed by atoms with Crippen molar-refractivity contribution in [3.63, 3.8) is 0 Å². The van der Waals surface area contributed by atoms with E-state index in [9.17, 15) is 0 Å². The van der Waals surface area contributed by atoms with Crippen LogP contribution in [0.4, 0.5) is 0 Å². The van der Waals surface area contributed by atoms with Crippen molar-refractivity contribution >= 4 is 0 Å². The molecule has 19 heavy (non-hydrogen) atoms. The first-order valence-electron chi connectivity index (χ1n) is 8.56. The average Bonchev–Trinajstić information content (AvgIpc) is 2.96. The SMILES string of the molecule is CCCCN(CCN1CCCCC1)CC1CCCN1. The van der Waals surface area contributed by atoms with Gasteiger partial charge in [0.15, 0.2) is 0 Å². The van der Waals surface area contributed by atoms with Gasteiger partial charge in [-0.2, -0.15) is 0 Å². The Balaban J connectivity index is 1.68. The van der Waals surface area contributed by atoms with E-state index in [0.717, 1.165) is 6.04 Å². The van der Waals surface area contributed by atoms with Crippen LogP contribution in [0.1, 0.15) is 51.9 Å². The third-order valence-electron chi connectivity index (χ3n) is 4.65. The fraction of sp³-hybridized carbons (Fsp3) is 1.00. The molecule has 0 radical (unpaired) electrons. The molecule has 3 heteroatoms. The van der Waals surface area contributed by atoms with Crippen molar-refractivity contribution in [3.8, 4) is 0 Å². The fourth-order valence-electron chi connectivity index (χ4n) is 3.37. The molecule has 1 atom stereocenters. The molecule has 0 aromatic carbocycles. The summed E-state index contributed by atoms with van der Waals surface area (Å²) >= 11 is 0. The molecule has 2 rings (SSSR count). The van der Waals surface area contributed by atoms with Crippen molar-refractivity contribution in [1.29, 1.82) is 0 Å². The number of nitrogens with zero attached hydrogens (tertiary/aromatic N) is 2. The van der Waals surface area contributed by atoms with E-state index in [1.165, 1.54) is 90.8 Å². The smallest absolute Gasteiger partial charge is 0.0195 e. The van der Waals surface area contributed by atoms with Gasteiger partial charge in [-0.25, -0.2) is 0 Å². The van der Waals surface area contributed by atoms with Crippen LogP contribution in [0.3, 0.4) is 0 Å². The highest BCUT2D eigenvalue weighted by molar-refractivity contribution is 4.78. The predicted octanol–water partition coefficient (Wildman–Crippen LogP) is 2.33. The minimum Gasteiger partial charge on any atom is -0.313 e. The third-order valence-corrected chi connectivity index (χ3v) is 4.65. The minimum atomic E-state index is 0.762. The largest absolute Gasteiger partial charge is 0.313 e. The lowest BCUT2D eigenvalue weighted by molar-refractivity contribution is 0.173. The lowest BCUT2D eigenvalue weighted by Gasteiger charge is -2.31. The molecule has 0 aliphatic carbocycles.